The van der Waals surface area contributed by atoms with Crippen LogP contribution in [0.3, 0.4) is 0 Å². The third kappa shape index (κ3) is 1.11. The van der Waals surface area contributed by atoms with Gasteiger partial charge in [-0.1, -0.05) is 0 Å². The molecule has 80 valence electrons. The van der Waals surface area contributed by atoms with Gasteiger partial charge in [0.1, 0.15) is 0 Å². The van der Waals surface area contributed by atoms with Crippen LogP contribution in [0.15, 0.2) is 0 Å². The molecule has 3 heterocycles. The number of quaternary nitrogens is 1. The molecule has 3 rings (SSSR count). The molecule has 0 unspecified atom stereocenters. The fraction of sp³-hybridized carbons (Fsp3) is 1.00. The summed E-state index contributed by atoms with van der Waals surface area (Å²) in [5, 5.41) is 0. The fourth-order valence-corrected chi connectivity index (χ4v) is 4.74. The van der Waals surface area contributed by atoms with Gasteiger partial charge in [0, 0.05) is 19.3 Å². The smallest absolute Gasteiger partial charge is 0.0992 e. The van der Waals surface area contributed by atoms with Gasteiger partial charge in [-0.2, -0.15) is 0 Å². The first-order valence-corrected chi connectivity index (χ1v) is 6.73. The molecule has 0 aromatic rings. The van der Waals surface area contributed by atoms with Crippen LogP contribution in [0.25, 0.3) is 0 Å². The van der Waals surface area contributed by atoms with Crippen molar-refractivity contribution in [2.24, 2.45) is 0 Å². The molecule has 0 N–H and O–H groups in total. The van der Waals surface area contributed by atoms with Gasteiger partial charge in [-0.15, -0.1) is 0 Å². The summed E-state index contributed by atoms with van der Waals surface area (Å²) in [4.78, 5) is 0. The Morgan fingerprint density at radius 1 is 0.571 bits per heavy atom. The molecule has 0 aromatic heterocycles. The van der Waals surface area contributed by atoms with Crippen molar-refractivity contribution in [2.45, 2.75) is 63.3 Å². The van der Waals surface area contributed by atoms with Gasteiger partial charge in [-0.05, 0) is 38.5 Å². The van der Waals surface area contributed by atoms with Crippen LogP contribution in [0.2, 0.25) is 0 Å². The first-order valence-electron chi connectivity index (χ1n) is 6.73. The highest BCUT2D eigenvalue weighted by Gasteiger charge is 2.54. The largest absolute Gasteiger partial charge is 0.319 e. The van der Waals surface area contributed by atoms with E-state index < -0.39 is 0 Å². The van der Waals surface area contributed by atoms with Gasteiger partial charge in [0.2, 0.25) is 0 Å². The summed E-state index contributed by atoms with van der Waals surface area (Å²) in [7, 11) is 0. The van der Waals surface area contributed by atoms with Gasteiger partial charge < -0.3 is 4.48 Å². The van der Waals surface area contributed by atoms with Crippen molar-refractivity contribution in [3.8, 4) is 0 Å². The number of rotatable bonds is 0. The standard InChI is InChI=1S/C13H24N/c1-4-10-14-11-5-2-8-13(14,7-1)9-3-6-12-14/h1-12H2/q+1. The van der Waals surface area contributed by atoms with Crippen LogP contribution in [0, 0.1) is 0 Å². The molecule has 0 radical (unpaired) electrons. The van der Waals surface area contributed by atoms with Crippen LogP contribution in [-0.2, 0) is 0 Å². The quantitative estimate of drug-likeness (QED) is 0.520. The van der Waals surface area contributed by atoms with Crippen molar-refractivity contribution in [2.75, 3.05) is 19.6 Å². The van der Waals surface area contributed by atoms with E-state index in [1.165, 1.54) is 58.2 Å². The fourth-order valence-electron chi connectivity index (χ4n) is 4.74. The lowest BCUT2D eigenvalue weighted by molar-refractivity contribution is -0.991. The Kier molecular flexibility index (Phi) is 2.12. The van der Waals surface area contributed by atoms with Gasteiger partial charge in [-0.25, -0.2) is 0 Å². The molecule has 3 saturated heterocycles. The van der Waals surface area contributed by atoms with Gasteiger partial charge in [0.25, 0.3) is 0 Å². The minimum absolute atomic E-state index is 0.786. The topological polar surface area (TPSA) is 0 Å². The zero-order chi connectivity index (χ0) is 9.49. The van der Waals surface area contributed by atoms with Crippen molar-refractivity contribution in [3.05, 3.63) is 0 Å². The number of piperidine rings is 3. The molecule has 0 saturated carbocycles. The van der Waals surface area contributed by atoms with Crippen LogP contribution in [-0.4, -0.2) is 29.7 Å². The number of hydrogen-bond donors (Lipinski definition) is 0. The summed E-state index contributed by atoms with van der Waals surface area (Å²) in [6.07, 6.45) is 13.8. The van der Waals surface area contributed by atoms with E-state index in [4.69, 9.17) is 0 Å². The minimum atomic E-state index is 0.786. The maximum atomic E-state index is 1.56. The summed E-state index contributed by atoms with van der Waals surface area (Å²) < 4.78 is 1.56. The lowest BCUT2D eigenvalue weighted by Gasteiger charge is -2.61. The van der Waals surface area contributed by atoms with E-state index in [1.54, 1.807) is 23.7 Å². The highest BCUT2D eigenvalue weighted by molar-refractivity contribution is 4.90. The second-order valence-electron chi connectivity index (χ2n) is 5.91. The van der Waals surface area contributed by atoms with Crippen LogP contribution in [0.1, 0.15) is 57.8 Å². The van der Waals surface area contributed by atoms with Crippen molar-refractivity contribution >= 4 is 0 Å². The van der Waals surface area contributed by atoms with Crippen molar-refractivity contribution in [1.82, 2.24) is 0 Å². The van der Waals surface area contributed by atoms with Gasteiger partial charge in [-0.3, -0.25) is 0 Å². The van der Waals surface area contributed by atoms with E-state index >= 15 is 0 Å². The van der Waals surface area contributed by atoms with Crippen LogP contribution < -0.4 is 0 Å². The van der Waals surface area contributed by atoms with E-state index in [2.05, 4.69) is 0 Å². The highest BCUT2D eigenvalue weighted by Crippen LogP contribution is 2.48. The predicted molar refractivity (Wildman–Crippen MR) is 59.1 cm³/mol. The third-order valence-corrected chi connectivity index (χ3v) is 5.44. The molecule has 0 aromatic carbocycles. The lowest BCUT2D eigenvalue weighted by atomic mass is 9.71. The van der Waals surface area contributed by atoms with Crippen molar-refractivity contribution in [3.63, 3.8) is 0 Å². The molecule has 3 aliphatic heterocycles. The average molecular weight is 194 g/mol. The van der Waals surface area contributed by atoms with E-state index in [-0.39, 0.29) is 0 Å². The predicted octanol–water partition coefficient (Wildman–Crippen LogP) is 3.09. The van der Waals surface area contributed by atoms with Crippen LogP contribution >= 0.6 is 0 Å². The van der Waals surface area contributed by atoms with Gasteiger partial charge in [0.05, 0.1) is 25.2 Å². The summed E-state index contributed by atoms with van der Waals surface area (Å²) in [5.41, 5.74) is 0.786. The normalized spacial score (nSPS) is 48.0. The van der Waals surface area contributed by atoms with Crippen LogP contribution in [0.4, 0.5) is 0 Å². The molecule has 3 aliphatic rings. The minimum Gasteiger partial charge on any atom is -0.319 e. The molecule has 0 aliphatic carbocycles. The number of nitrogens with zero attached hydrogens (tertiary/aromatic N) is 1. The number of hydrogen-bond acceptors (Lipinski definition) is 0. The molecule has 3 fully saturated rings. The molecule has 0 bridgehead atoms. The molecular formula is C13H24N+. The molecule has 0 amide bonds. The molecule has 0 atom stereocenters. The summed E-state index contributed by atoms with van der Waals surface area (Å²) in [6.45, 7) is 4.58. The zero-order valence-corrected chi connectivity index (χ0v) is 9.43. The summed E-state index contributed by atoms with van der Waals surface area (Å²) >= 11 is 0. The molecule has 1 nitrogen and oxygen atoms in total. The Morgan fingerprint density at radius 3 is 1.36 bits per heavy atom. The van der Waals surface area contributed by atoms with Gasteiger partial charge >= 0.3 is 0 Å². The first-order chi connectivity index (χ1) is 6.87. The second kappa shape index (κ2) is 3.23. The molecular weight excluding hydrogens is 170 g/mol. The Balaban J connectivity index is 1.94. The Hall–Kier alpha value is -0.0400. The molecule has 14 heavy (non-hydrogen) atoms. The zero-order valence-electron chi connectivity index (χ0n) is 9.43. The second-order valence-corrected chi connectivity index (χ2v) is 5.91. The first kappa shape index (κ1) is 9.21. The van der Waals surface area contributed by atoms with E-state index in [9.17, 15) is 0 Å². The van der Waals surface area contributed by atoms with E-state index in [0.717, 1.165) is 5.54 Å². The third-order valence-electron chi connectivity index (χ3n) is 5.44. The highest BCUT2D eigenvalue weighted by atomic mass is 15.4. The van der Waals surface area contributed by atoms with E-state index in [1.807, 2.05) is 0 Å². The Bertz CT molecular complexity index is 163. The molecule has 0 spiro atoms. The summed E-state index contributed by atoms with van der Waals surface area (Å²) in [5.74, 6) is 0. The maximum absolute atomic E-state index is 1.56. The Morgan fingerprint density at radius 2 is 1.00 bits per heavy atom. The summed E-state index contributed by atoms with van der Waals surface area (Å²) in [6, 6.07) is 0. The molecule has 1 heteroatoms. The SMILES string of the molecule is C1CC[N+]23CCCCC2(C1)CCCC3. The lowest BCUT2D eigenvalue weighted by Crippen LogP contribution is -2.70. The van der Waals surface area contributed by atoms with Crippen molar-refractivity contribution < 1.29 is 4.48 Å². The average Bonchev–Trinajstić information content (AvgIpc) is 2.27. The van der Waals surface area contributed by atoms with Crippen LogP contribution in [0.5, 0.6) is 0 Å². The Labute approximate surface area is 88.1 Å². The van der Waals surface area contributed by atoms with E-state index in [0.29, 0.717) is 0 Å². The van der Waals surface area contributed by atoms with Gasteiger partial charge in [0.15, 0.2) is 0 Å². The van der Waals surface area contributed by atoms with Crippen molar-refractivity contribution in [1.29, 1.82) is 0 Å². The monoisotopic (exact) mass is 194 g/mol. The maximum Gasteiger partial charge on any atom is 0.0992 e.